The van der Waals surface area contributed by atoms with Gasteiger partial charge < -0.3 is 20.5 Å². The number of urea groups is 1. The first-order valence-corrected chi connectivity index (χ1v) is 11.5. The summed E-state index contributed by atoms with van der Waals surface area (Å²) in [6.07, 6.45) is 2.44. The van der Waals surface area contributed by atoms with Crippen LogP contribution in [0, 0.1) is 0 Å². The fraction of sp³-hybridized carbons (Fsp3) is 0.346. The third kappa shape index (κ3) is 4.35. The van der Waals surface area contributed by atoms with Crippen LogP contribution in [0.15, 0.2) is 54.7 Å². The summed E-state index contributed by atoms with van der Waals surface area (Å²) in [7, 11) is 3.98. The number of nitrogens with zero attached hydrogens (tertiary/aromatic N) is 2. The van der Waals surface area contributed by atoms with E-state index in [0.717, 1.165) is 32.6 Å². The molecule has 1 saturated heterocycles. The van der Waals surface area contributed by atoms with E-state index < -0.39 is 11.6 Å². The van der Waals surface area contributed by atoms with Crippen molar-refractivity contribution in [3.05, 3.63) is 65.9 Å². The number of H-pyrrole nitrogens is 1. The van der Waals surface area contributed by atoms with Crippen LogP contribution in [0.4, 0.5) is 10.5 Å². The van der Waals surface area contributed by atoms with Crippen molar-refractivity contribution in [1.82, 2.24) is 20.5 Å². The van der Waals surface area contributed by atoms with Gasteiger partial charge in [0.2, 0.25) is 5.91 Å². The topological polar surface area (TPSA) is 97.5 Å². The number of carbonyl (C=O) groups excluding carboxylic acids is 3. The van der Waals surface area contributed by atoms with Crippen molar-refractivity contribution in [3.8, 4) is 0 Å². The Bertz CT molecular complexity index is 1220. The molecule has 0 unspecified atom stereocenters. The number of carbonyl (C=O) groups is 3. The summed E-state index contributed by atoms with van der Waals surface area (Å²) in [5, 5.41) is 6.72. The summed E-state index contributed by atoms with van der Waals surface area (Å²) < 4.78 is 0. The summed E-state index contributed by atoms with van der Waals surface area (Å²) in [5.74, 6) is -0.860. The minimum Gasteiger partial charge on any atom is -0.378 e. The van der Waals surface area contributed by atoms with Crippen LogP contribution in [0.1, 0.15) is 37.3 Å². The molecule has 0 saturated carbocycles. The Hall–Kier alpha value is -3.81. The zero-order chi connectivity index (χ0) is 24.5. The fourth-order valence-corrected chi connectivity index (χ4v) is 4.34. The van der Waals surface area contributed by atoms with Gasteiger partial charge in [-0.15, -0.1) is 0 Å². The predicted molar refractivity (Wildman–Crippen MR) is 133 cm³/mol. The van der Waals surface area contributed by atoms with Gasteiger partial charge in [0.15, 0.2) is 0 Å². The van der Waals surface area contributed by atoms with E-state index in [-0.39, 0.29) is 24.3 Å². The van der Waals surface area contributed by atoms with Crippen molar-refractivity contribution in [2.24, 2.45) is 0 Å². The lowest BCUT2D eigenvalue weighted by atomic mass is 9.90. The second-order valence-corrected chi connectivity index (χ2v) is 9.14. The Kier molecular flexibility index (Phi) is 6.32. The van der Waals surface area contributed by atoms with E-state index in [4.69, 9.17) is 0 Å². The molecule has 34 heavy (non-hydrogen) atoms. The van der Waals surface area contributed by atoms with Crippen molar-refractivity contribution in [2.45, 2.75) is 31.7 Å². The quantitative estimate of drug-likeness (QED) is 0.449. The van der Waals surface area contributed by atoms with Crippen LogP contribution in [0.2, 0.25) is 0 Å². The monoisotopic (exact) mass is 461 g/mol. The number of benzene rings is 2. The van der Waals surface area contributed by atoms with E-state index in [1.54, 1.807) is 6.92 Å². The number of nitrogens with one attached hydrogen (secondary N) is 3. The molecule has 1 aromatic heterocycles. The third-order valence-electron chi connectivity index (χ3n) is 6.67. The van der Waals surface area contributed by atoms with Crippen molar-refractivity contribution in [2.75, 3.05) is 32.1 Å². The van der Waals surface area contributed by atoms with Gasteiger partial charge in [-0.2, -0.15) is 0 Å². The maximum Gasteiger partial charge on any atom is 0.325 e. The molecule has 178 valence electrons. The first-order chi connectivity index (χ1) is 16.2. The standard InChI is InChI=1S/C26H31N5O3/c1-5-26(2)24(33)31(25(34)29-26)16-23(32)28-14-20(17-10-12-18(13-11-17)30(3)4)21-15-27-22-9-7-6-8-19(21)22/h6-13,15,20,27H,5,14,16H2,1-4H3,(H,28,32)(H,29,34)/t20-,26+/m0/s1. The van der Waals surface area contributed by atoms with Crippen LogP contribution >= 0.6 is 0 Å². The first kappa shape index (κ1) is 23.4. The van der Waals surface area contributed by atoms with Gasteiger partial charge in [-0.1, -0.05) is 37.3 Å². The molecule has 0 spiro atoms. The van der Waals surface area contributed by atoms with Crippen LogP contribution in [-0.2, 0) is 9.59 Å². The molecule has 2 aromatic carbocycles. The Morgan fingerprint density at radius 1 is 1.12 bits per heavy atom. The summed E-state index contributed by atoms with van der Waals surface area (Å²) in [4.78, 5) is 44.1. The number of hydrogen-bond donors (Lipinski definition) is 3. The molecule has 0 bridgehead atoms. The molecule has 8 heteroatoms. The number of aromatic nitrogens is 1. The van der Waals surface area contributed by atoms with Crippen LogP contribution in [0.25, 0.3) is 10.9 Å². The van der Waals surface area contributed by atoms with Gasteiger partial charge in [-0.3, -0.25) is 14.5 Å². The molecule has 0 radical (unpaired) electrons. The highest BCUT2D eigenvalue weighted by atomic mass is 16.2. The lowest BCUT2D eigenvalue weighted by Gasteiger charge is -2.21. The highest BCUT2D eigenvalue weighted by molar-refractivity contribution is 6.08. The van der Waals surface area contributed by atoms with Gasteiger partial charge in [0.25, 0.3) is 5.91 Å². The van der Waals surface area contributed by atoms with Gasteiger partial charge in [-0.25, -0.2) is 4.79 Å². The maximum absolute atomic E-state index is 12.8. The smallest absolute Gasteiger partial charge is 0.325 e. The Morgan fingerprint density at radius 2 is 1.82 bits per heavy atom. The second-order valence-electron chi connectivity index (χ2n) is 9.14. The minimum atomic E-state index is -0.960. The number of amides is 4. The van der Waals surface area contributed by atoms with Gasteiger partial charge in [0.05, 0.1) is 0 Å². The van der Waals surface area contributed by atoms with Gasteiger partial charge in [-0.05, 0) is 42.7 Å². The summed E-state index contributed by atoms with van der Waals surface area (Å²) >= 11 is 0. The summed E-state index contributed by atoms with van der Waals surface area (Å²) in [6.45, 7) is 3.53. The molecule has 1 fully saturated rings. The zero-order valence-electron chi connectivity index (χ0n) is 20.0. The molecule has 2 atom stereocenters. The summed E-state index contributed by atoms with van der Waals surface area (Å²) in [5.41, 5.74) is 3.28. The van der Waals surface area contributed by atoms with Crippen LogP contribution in [0.3, 0.4) is 0 Å². The van der Waals surface area contributed by atoms with Gasteiger partial charge in [0.1, 0.15) is 12.1 Å². The number of rotatable bonds is 8. The zero-order valence-corrected chi connectivity index (χ0v) is 20.0. The largest absolute Gasteiger partial charge is 0.378 e. The Labute approximate surface area is 199 Å². The van der Waals surface area contributed by atoms with Crippen LogP contribution in [-0.4, -0.2) is 60.5 Å². The van der Waals surface area contributed by atoms with E-state index in [2.05, 4.69) is 45.9 Å². The summed E-state index contributed by atoms with van der Waals surface area (Å²) in [6, 6.07) is 15.8. The highest BCUT2D eigenvalue weighted by Gasteiger charge is 2.47. The van der Waals surface area contributed by atoms with Crippen molar-refractivity contribution in [1.29, 1.82) is 0 Å². The molecular formula is C26H31N5O3. The SMILES string of the molecule is CC[C@@]1(C)NC(=O)N(CC(=O)NC[C@@H](c2ccc(N(C)C)cc2)c2c[nH]c3ccccc23)C1=O. The number of fused-ring (bicyclic) bond motifs is 1. The normalized spacial score (nSPS) is 18.8. The first-order valence-electron chi connectivity index (χ1n) is 11.5. The number of anilines is 1. The molecular weight excluding hydrogens is 430 g/mol. The number of imide groups is 1. The third-order valence-corrected chi connectivity index (χ3v) is 6.67. The predicted octanol–water partition coefficient (Wildman–Crippen LogP) is 3.20. The van der Waals surface area contributed by atoms with E-state index >= 15 is 0 Å². The minimum absolute atomic E-state index is 0.111. The lowest BCUT2D eigenvalue weighted by Crippen LogP contribution is -2.45. The molecule has 4 amide bonds. The van der Waals surface area contributed by atoms with Crippen molar-refractivity contribution >= 4 is 34.4 Å². The molecule has 8 nitrogen and oxygen atoms in total. The average molecular weight is 462 g/mol. The van der Waals surface area contributed by atoms with E-state index in [1.807, 2.05) is 50.3 Å². The Morgan fingerprint density at radius 3 is 2.47 bits per heavy atom. The van der Waals surface area contributed by atoms with E-state index in [0.29, 0.717) is 13.0 Å². The second kappa shape index (κ2) is 9.21. The fourth-order valence-electron chi connectivity index (χ4n) is 4.34. The molecule has 3 N–H and O–H groups in total. The number of para-hydroxylation sites is 1. The molecule has 0 aliphatic carbocycles. The van der Waals surface area contributed by atoms with E-state index in [1.165, 1.54) is 0 Å². The van der Waals surface area contributed by atoms with Gasteiger partial charge in [0, 0.05) is 49.3 Å². The average Bonchev–Trinajstić information content (AvgIpc) is 3.34. The van der Waals surface area contributed by atoms with E-state index in [9.17, 15) is 14.4 Å². The lowest BCUT2D eigenvalue weighted by molar-refractivity contribution is -0.134. The molecule has 2 heterocycles. The van der Waals surface area contributed by atoms with Crippen molar-refractivity contribution < 1.29 is 14.4 Å². The number of hydrogen-bond acceptors (Lipinski definition) is 4. The molecule has 4 rings (SSSR count). The van der Waals surface area contributed by atoms with Gasteiger partial charge >= 0.3 is 6.03 Å². The van der Waals surface area contributed by atoms with Crippen molar-refractivity contribution in [3.63, 3.8) is 0 Å². The highest BCUT2D eigenvalue weighted by Crippen LogP contribution is 2.31. The van der Waals surface area contributed by atoms with Crippen LogP contribution < -0.4 is 15.5 Å². The Balaban J connectivity index is 1.55. The molecule has 3 aromatic rings. The molecule has 1 aliphatic heterocycles. The van der Waals surface area contributed by atoms with Crippen LogP contribution in [0.5, 0.6) is 0 Å². The number of aromatic amines is 1. The molecule has 1 aliphatic rings. The maximum atomic E-state index is 12.8.